The number of rotatable bonds is 3. The summed E-state index contributed by atoms with van der Waals surface area (Å²) in [5, 5.41) is 3.75. The van der Waals surface area contributed by atoms with Gasteiger partial charge in [-0.2, -0.15) is 0 Å². The summed E-state index contributed by atoms with van der Waals surface area (Å²) in [6.07, 6.45) is 4.14. The standard InChI is InChI=1S/C21H20Cl2N2O2/c22-18-10-9-14(11-19(18)23)25(13-5-1-2-6-13)21(27)17-12-24-20(26)16-8-4-3-7-15(16)17/h3-4,7-11,13,17H,1-2,5-6,12H2,(H,24,26). The zero-order valence-corrected chi connectivity index (χ0v) is 16.3. The maximum atomic E-state index is 13.6. The fourth-order valence-electron chi connectivity index (χ4n) is 4.11. The number of nitrogens with zero attached hydrogens (tertiary/aromatic N) is 1. The minimum atomic E-state index is -0.408. The molecule has 6 heteroatoms. The predicted molar refractivity (Wildman–Crippen MR) is 108 cm³/mol. The highest BCUT2D eigenvalue weighted by Crippen LogP contribution is 2.36. The number of amides is 2. The van der Waals surface area contributed by atoms with Crippen LogP contribution in [0.25, 0.3) is 0 Å². The number of carbonyl (C=O) groups excluding carboxylic acids is 2. The molecule has 1 saturated carbocycles. The first-order valence-electron chi connectivity index (χ1n) is 9.21. The van der Waals surface area contributed by atoms with Gasteiger partial charge in [0, 0.05) is 23.8 Å². The summed E-state index contributed by atoms with van der Waals surface area (Å²) in [7, 11) is 0. The molecule has 140 valence electrons. The molecule has 1 aliphatic heterocycles. The molecule has 0 spiro atoms. The molecule has 2 amide bonds. The molecular weight excluding hydrogens is 383 g/mol. The van der Waals surface area contributed by atoms with Crippen LogP contribution in [0.2, 0.25) is 10.0 Å². The predicted octanol–water partition coefficient (Wildman–Crippen LogP) is 4.80. The van der Waals surface area contributed by atoms with Crippen molar-refractivity contribution in [2.75, 3.05) is 11.4 Å². The number of halogens is 2. The molecule has 1 unspecified atom stereocenters. The van der Waals surface area contributed by atoms with Crippen molar-refractivity contribution in [2.45, 2.75) is 37.6 Å². The van der Waals surface area contributed by atoms with Crippen LogP contribution in [0.4, 0.5) is 5.69 Å². The van der Waals surface area contributed by atoms with Crippen molar-refractivity contribution < 1.29 is 9.59 Å². The summed E-state index contributed by atoms with van der Waals surface area (Å²) in [6, 6.07) is 12.8. The maximum absolute atomic E-state index is 13.6. The second-order valence-electron chi connectivity index (χ2n) is 7.09. The van der Waals surface area contributed by atoms with Gasteiger partial charge in [-0.05, 0) is 42.7 Å². The quantitative estimate of drug-likeness (QED) is 0.801. The van der Waals surface area contributed by atoms with Gasteiger partial charge in [0.1, 0.15) is 0 Å². The van der Waals surface area contributed by atoms with Gasteiger partial charge in [-0.15, -0.1) is 0 Å². The molecule has 0 saturated heterocycles. The van der Waals surface area contributed by atoms with Crippen molar-refractivity contribution in [3.63, 3.8) is 0 Å². The summed E-state index contributed by atoms with van der Waals surface area (Å²) >= 11 is 12.3. The van der Waals surface area contributed by atoms with E-state index in [0.29, 0.717) is 22.2 Å². The fourth-order valence-corrected chi connectivity index (χ4v) is 4.40. The van der Waals surface area contributed by atoms with E-state index in [1.54, 1.807) is 18.2 Å². The van der Waals surface area contributed by atoms with Crippen molar-refractivity contribution in [3.8, 4) is 0 Å². The second kappa shape index (κ2) is 7.53. The molecular formula is C21H20Cl2N2O2. The van der Waals surface area contributed by atoms with Crippen molar-refractivity contribution in [1.82, 2.24) is 5.32 Å². The van der Waals surface area contributed by atoms with Gasteiger partial charge < -0.3 is 10.2 Å². The lowest BCUT2D eigenvalue weighted by Gasteiger charge is -2.34. The highest BCUT2D eigenvalue weighted by Gasteiger charge is 2.37. The molecule has 4 rings (SSSR count). The average molecular weight is 403 g/mol. The van der Waals surface area contributed by atoms with E-state index in [-0.39, 0.29) is 17.9 Å². The Hall–Kier alpha value is -2.04. The Kier molecular flexibility index (Phi) is 5.11. The van der Waals surface area contributed by atoms with Gasteiger partial charge >= 0.3 is 0 Å². The van der Waals surface area contributed by atoms with E-state index in [4.69, 9.17) is 23.2 Å². The minimum absolute atomic E-state index is 0.00672. The van der Waals surface area contributed by atoms with Crippen LogP contribution in [0.15, 0.2) is 42.5 Å². The molecule has 2 aliphatic rings. The van der Waals surface area contributed by atoms with E-state index >= 15 is 0 Å². The smallest absolute Gasteiger partial charge is 0.251 e. The zero-order valence-electron chi connectivity index (χ0n) is 14.8. The fraction of sp³-hybridized carbons (Fsp3) is 0.333. The molecule has 0 bridgehead atoms. The summed E-state index contributed by atoms with van der Waals surface area (Å²) in [5.41, 5.74) is 2.12. The lowest BCUT2D eigenvalue weighted by molar-refractivity contribution is -0.120. The van der Waals surface area contributed by atoms with Gasteiger partial charge in [0.15, 0.2) is 0 Å². The molecule has 4 nitrogen and oxygen atoms in total. The third kappa shape index (κ3) is 3.44. The van der Waals surface area contributed by atoms with Gasteiger partial charge in [0.25, 0.3) is 5.91 Å². The van der Waals surface area contributed by atoms with Crippen molar-refractivity contribution in [3.05, 3.63) is 63.6 Å². The third-order valence-electron chi connectivity index (χ3n) is 5.45. The summed E-state index contributed by atoms with van der Waals surface area (Å²) < 4.78 is 0. The molecule has 2 aromatic carbocycles. The molecule has 1 atom stereocenters. The minimum Gasteiger partial charge on any atom is -0.351 e. The Labute approximate surface area is 168 Å². The first-order chi connectivity index (χ1) is 13.1. The van der Waals surface area contributed by atoms with Crippen molar-refractivity contribution >= 4 is 40.7 Å². The van der Waals surface area contributed by atoms with E-state index in [9.17, 15) is 9.59 Å². The Bertz CT molecular complexity index is 894. The van der Waals surface area contributed by atoms with Crippen LogP contribution >= 0.6 is 23.2 Å². The number of carbonyl (C=O) groups is 2. The van der Waals surface area contributed by atoms with Gasteiger partial charge in [0.2, 0.25) is 5.91 Å². The molecule has 0 aromatic heterocycles. The van der Waals surface area contributed by atoms with Crippen molar-refractivity contribution in [1.29, 1.82) is 0 Å². The van der Waals surface area contributed by atoms with Crippen LogP contribution in [0, 0.1) is 0 Å². The monoisotopic (exact) mass is 402 g/mol. The zero-order chi connectivity index (χ0) is 19.0. The SMILES string of the molecule is O=C1NCC(C(=O)N(c2ccc(Cl)c(Cl)c2)C2CCCC2)c2ccccc21. The first-order valence-corrected chi connectivity index (χ1v) is 9.97. The van der Waals surface area contributed by atoms with E-state index in [0.717, 1.165) is 36.9 Å². The maximum Gasteiger partial charge on any atom is 0.251 e. The molecule has 0 radical (unpaired) electrons. The number of hydrogen-bond donors (Lipinski definition) is 1. The molecule has 1 N–H and O–H groups in total. The lowest BCUT2D eigenvalue weighted by atomic mass is 9.88. The number of anilines is 1. The van der Waals surface area contributed by atoms with Crippen LogP contribution < -0.4 is 10.2 Å². The van der Waals surface area contributed by atoms with Gasteiger partial charge in [0.05, 0.1) is 16.0 Å². The van der Waals surface area contributed by atoms with E-state index in [2.05, 4.69) is 5.32 Å². The van der Waals surface area contributed by atoms with E-state index < -0.39 is 5.92 Å². The highest BCUT2D eigenvalue weighted by atomic mass is 35.5. The third-order valence-corrected chi connectivity index (χ3v) is 6.19. The van der Waals surface area contributed by atoms with Crippen LogP contribution in [-0.4, -0.2) is 24.4 Å². The Morgan fingerprint density at radius 2 is 1.78 bits per heavy atom. The van der Waals surface area contributed by atoms with Gasteiger partial charge in [-0.3, -0.25) is 9.59 Å². The number of fused-ring (bicyclic) bond motifs is 1. The molecule has 1 aliphatic carbocycles. The molecule has 2 aromatic rings. The summed E-state index contributed by atoms with van der Waals surface area (Å²) in [6.45, 7) is 0.305. The topological polar surface area (TPSA) is 49.4 Å². The normalized spacial score (nSPS) is 19.5. The largest absolute Gasteiger partial charge is 0.351 e. The Balaban J connectivity index is 1.74. The molecule has 1 fully saturated rings. The molecule has 1 heterocycles. The van der Waals surface area contributed by atoms with Crippen LogP contribution in [0.1, 0.15) is 47.5 Å². The van der Waals surface area contributed by atoms with Gasteiger partial charge in [-0.25, -0.2) is 0 Å². The van der Waals surface area contributed by atoms with Crippen LogP contribution in [-0.2, 0) is 4.79 Å². The van der Waals surface area contributed by atoms with Crippen LogP contribution in [0.3, 0.4) is 0 Å². The Morgan fingerprint density at radius 1 is 1.04 bits per heavy atom. The summed E-state index contributed by atoms with van der Waals surface area (Å²) in [4.78, 5) is 27.7. The van der Waals surface area contributed by atoms with E-state index in [1.807, 2.05) is 29.2 Å². The second-order valence-corrected chi connectivity index (χ2v) is 7.91. The number of benzene rings is 2. The Morgan fingerprint density at radius 3 is 2.52 bits per heavy atom. The number of hydrogen-bond acceptors (Lipinski definition) is 2. The highest BCUT2D eigenvalue weighted by molar-refractivity contribution is 6.42. The lowest BCUT2D eigenvalue weighted by Crippen LogP contribution is -2.47. The number of nitrogens with one attached hydrogen (secondary N) is 1. The summed E-state index contributed by atoms with van der Waals surface area (Å²) in [5.74, 6) is -0.543. The van der Waals surface area contributed by atoms with Gasteiger partial charge in [-0.1, -0.05) is 54.2 Å². The molecule has 27 heavy (non-hydrogen) atoms. The van der Waals surface area contributed by atoms with Crippen molar-refractivity contribution in [2.24, 2.45) is 0 Å². The van der Waals surface area contributed by atoms with E-state index in [1.165, 1.54) is 0 Å². The van der Waals surface area contributed by atoms with Crippen LogP contribution in [0.5, 0.6) is 0 Å². The average Bonchev–Trinajstić information content (AvgIpc) is 3.19. The first kappa shape index (κ1) is 18.3.